The highest BCUT2D eigenvalue weighted by atomic mass is 16.5. The Morgan fingerprint density at radius 1 is 1.38 bits per heavy atom. The van der Waals surface area contributed by atoms with Gasteiger partial charge in [-0.3, -0.25) is 0 Å². The number of phenols is 1. The van der Waals surface area contributed by atoms with Gasteiger partial charge in [0.25, 0.3) is 0 Å². The van der Waals surface area contributed by atoms with E-state index >= 15 is 0 Å². The Labute approximate surface area is 136 Å². The van der Waals surface area contributed by atoms with Gasteiger partial charge in [-0.2, -0.15) is 0 Å². The molecule has 0 fully saturated rings. The van der Waals surface area contributed by atoms with Crippen LogP contribution in [0.5, 0.6) is 11.6 Å². The molecule has 0 spiro atoms. The molecule has 3 aromatic rings. The number of nitrogens with one attached hydrogen (secondary N) is 1. The van der Waals surface area contributed by atoms with E-state index in [1.165, 1.54) is 6.20 Å². The molecule has 3 N–H and O–H groups in total. The third-order valence-corrected chi connectivity index (χ3v) is 3.22. The number of pyridine rings is 1. The molecular weight excluding hydrogens is 314 g/mol. The Balaban J connectivity index is 1.76. The lowest BCUT2D eigenvalue weighted by atomic mass is 10.2. The van der Waals surface area contributed by atoms with Crippen LogP contribution in [-0.4, -0.2) is 38.9 Å². The summed E-state index contributed by atoms with van der Waals surface area (Å²) in [5, 5.41) is 20.2. The number of amides is 1. The molecule has 8 heteroatoms. The number of aromatic nitrogens is 2. The molecule has 3 rings (SSSR count). The second-order valence-corrected chi connectivity index (χ2v) is 5.22. The van der Waals surface area contributed by atoms with E-state index in [2.05, 4.69) is 15.3 Å². The molecule has 0 unspecified atom stereocenters. The van der Waals surface area contributed by atoms with Gasteiger partial charge >= 0.3 is 6.09 Å². The van der Waals surface area contributed by atoms with Crippen molar-refractivity contribution < 1.29 is 24.2 Å². The van der Waals surface area contributed by atoms with Crippen molar-refractivity contribution in [2.24, 2.45) is 0 Å². The molecule has 0 aliphatic heterocycles. The van der Waals surface area contributed by atoms with Crippen LogP contribution in [0.25, 0.3) is 22.6 Å². The summed E-state index contributed by atoms with van der Waals surface area (Å²) in [6, 6.07) is 7.72. The maximum atomic E-state index is 10.5. The van der Waals surface area contributed by atoms with Crippen LogP contribution in [0.2, 0.25) is 0 Å². The van der Waals surface area contributed by atoms with Crippen molar-refractivity contribution in [1.82, 2.24) is 15.3 Å². The van der Waals surface area contributed by atoms with E-state index in [4.69, 9.17) is 14.3 Å². The van der Waals surface area contributed by atoms with Gasteiger partial charge in [-0.1, -0.05) is 0 Å². The van der Waals surface area contributed by atoms with Gasteiger partial charge in [-0.05, 0) is 31.2 Å². The predicted molar refractivity (Wildman–Crippen MR) is 85.0 cm³/mol. The minimum atomic E-state index is -1.11. The first-order valence-electron chi connectivity index (χ1n) is 7.19. The Morgan fingerprint density at radius 3 is 2.83 bits per heavy atom. The van der Waals surface area contributed by atoms with Crippen LogP contribution in [-0.2, 0) is 0 Å². The quantitative estimate of drug-likeness (QED) is 0.658. The van der Waals surface area contributed by atoms with Crippen molar-refractivity contribution in [1.29, 1.82) is 0 Å². The minimum absolute atomic E-state index is 0.143. The second-order valence-electron chi connectivity index (χ2n) is 5.22. The summed E-state index contributed by atoms with van der Waals surface area (Å²) in [6.07, 6.45) is 0.413. The van der Waals surface area contributed by atoms with E-state index < -0.39 is 6.09 Å². The van der Waals surface area contributed by atoms with E-state index in [-0.39, 0.29) is 18.4 Å². The predicted octanol–water partition coefficient (Wildman–Crippen LogP) is 2.63. The second kappa shape index (κ2) is 6.45. The first-order valence-corrected chi connectivity index (χ1v) is 7.19. The zero-order valence-corrected chi connectivity index (χ0v) is 12.8. The third kappa shape index (κ3) is 3.54. The lowest BCUT2D eigenvalue weighted by molar-refractivity contribution is 0.182. The van der Waals surface area contributed by atoms with Crippen LogP contribution in [0.4, 0.5) is 4.79 Å². The number of fused-ring (bicyclic) bond motifs is 1. The Hall–Kier alpha value is -3.29. The molecule has 2 aromatic heterocycles. The summed E-state index contributed by atoms with van der Waals surface area (Å²) in [7, 11) is 0. The van der Waals surface area contributed by atoms with Crippen molar-refractivity contribution in [3.8, 4) is 23.1 Å². The largest absolute Gasteiger partial charge is 0.508 e. The molecule has 0 bridgehead atoms. The lowest BCUT2D eigenvalue weighted by Gasteiger charge is -2.11. The molecular formula is C16H15N3O5. The fraction of sp³-hybridized carbons (Fsp3) is 0.188. The summed E-state index contributed by atoms with van der Waals surface area (Å²) < 4.78 is 11.1. The highest BCUT2D eigenvalue weighted by Gasteiger charge is 2.11. The fourth-order valence-electron chi connectivity index (χ4n) is 2.08. The SMILES string of the molecule is C[C@@H](COc1cc2oc(-c3ccc(O)cc3)nc2cn1)NC(=O)O. The van der Waals surface area contributed by atoms with E-state index in [9.17, 15) is 9.90 Å². The number of hydrogen-bond acceptors (Lipinski definition) is 6. The van der Waals surface area contributed by atoms with Crippen LogP contribution in [0.1, 0.15) is 6.92 Å². The minimum Gasteiger partial charge on any atom is -0.508 e. The molecule has 0 saturated heterocycles. The maximum Gasteiger partial charge on any atom is 0.404 e. The monoisotopic (exact) mass is 329 g/mol. The summed E-state index contributed by atoms with van der Waals surface area (Å²) in [5.41, 5.74) is 1.80. The number of rotatable bonds is 5. The molecule has 8 nitrogen and oxygen atoms in total. The van der Waals surface area contributed by atoms with E-state index in [0.717, 1.165) is 5.56 Å². The van der Waals surface area contributed by atoms with Crippen molar-refractivity contribution >= 4 is 17.2 Å². The normalized spacial score (nSPS) is 12.0. The Bertz CT molecular complexity index is 860. The molecule has 2 heterocycles. The molecule has 124 valence electrons. The van der Waals surface area contributed by atoms with Crippen molar-refractivity contribution in [2.75, 3.05) is 6.61 Å². The summed E-state index contributed by atoms with van der Waals surface area (Å²) >= 11 is 0. The van der Waals surface area contributed by atoms with Crippen LogP contribution in [0.3, 0.4) is 0 Å². The summed E-state index contributed by atoms with van der Waals surface area (Å²) in [5.74, 6) is 0.885. The highest BCUT2D eigenvalue weighted by molar-refractivity contribution is 5.76. The lowest BCUT2D eigenvalue weighted by Crippen LogP contribution is -2.35. The van der Waals surface area contributed by atoms with Crippen LogP contribution in [0, 0.1) is 0 Å². The van der Waals surface area contributed by atoms with Crippen molar-refractivity contribution in [3.63, 3.8) is 0 Å². The molecule has 0 radical (unpaired) electrons. The maximum absolute atomic E-state index is 10.5. The number of oxazole rings is 1. The van der Waals surface area contributed by atoms with Gasteiger partial charge in [0.05, 0.1) is 12.2 Å². The number of carbonyl (C=O) groups is 1. The zero-order valence-electron chi connectivity index (χ0n) is 12.8. The van der Waals surface area contributed by atoms with Gasteiger partial charge in [0.1, 0.15) is 17.9 Å². The average molecular weight is 329 g/mol. The van der Waals surface area contributed by atoms with E-state index in [0.29, 0.717) is 22.9 Å². The Kier molecular flexibility index (Phi) is 4.19. The number of ether oxygens (including phenoxy) is 1. The molecule has 0 saturated carbocycles. The highest BCUT2D eigenvalue weighted by Crippen LogP contribution is 2.26. The number of phenolic OH excluding ortho intramolecular Hbond substituents is 1. The van der Waals surface area contributed by atoms with E-state index in [1.54, 1.807) is 37.3 Å². The summed E-state index contributed by atoms with van der Waals surface area (Å²) in [6.45, 7) is 1.83. The van der Waals surface area contributed by atoms with Gasteiger partial charge in [0, 0.05) is 11.6 Å². The molecule has 1 amide bonds. The Morgan fingerprint density at radius 2 is 2.12 bits per heavy atom. The molecule has 1 atom stereocenters. The molecule has 0 aliphatic rings. The van der Waals surface area contributed by atoms with Crippen molar-refractivity contribution in [3.05, 3.63) is 36.5 Å². The fourth-order valence-corrected chi connectivity index (χ4v) is 2.08. The van der Waals surface area contributed by atoms with Gasteiger partial charge in [0.2, 0.25) is 11.8 Å². The number of benzene rings is 1. The standard InChI is InChI=1S/C16H15N3O5/c1-9(18-16(21)22)8-23-14-6-13-12(7-17-14)19-15(24-13)10-2-4-11(20)5-3-10/h2-7,9,18,20H,8H2,1H3,(H,21,22)/t9-/m0/s1. The van der Waals surface area contributed by atoms with Crippen molar-refractivity contribution in [2.45, 2.75) is 13.0 Å². The molecule has 0 aliphatic carbocycles. The zero-order chi connectivity index (χ0) is 17.1. The smallest absolute Gasteiger partial charge is 0.404 e. The number of carboxylic acid groups (broad SMARTS) is 1. The average Bonchev–Trinajstić information content (AvgIpc) is 2.96. The first-order chi connectivity index (χ1) is 11.5. The number of hydrogen-bond donors (Lipinski definition) is 3. The molecule has 24 heavy (non-hydrogen) atoms. The van der Waals surface area contributed by atoms with Gasteiger partial charge in [-0.25, -0.2) is 14.8 Å². The topological polar surface area (TPSA) is 118 Å². The van der Waals surface area contributed by atoms with Gasteiger partial charge < -0.3 is 24.7 Å². The summed E-state index contributed by atoms with van der Waals surface area (Å²) in [4.78, 5) is 19.0. The van der Waals surface area contributed by atoms with Crippen LogP contribution < -0.4 is 10.1 Å². The van der Waals surface area contributed by atoms with Crippen LogP contribution in [0.15, 0.2) is 40.9 Å². The van der Waals surface area contributed by atoms with Crippen LogP contribution >= 0.6 is 0 Å². The third-order valence-electron chi connectivity index (χ3n) is 3.22. The first kappa shape index (κ1) is 15.6. The molecule has 1 aromatic carbocycles. The number of aromatic hydroxyl groups is 1. The van der Waals surface area contributed by atoms with E-state index in [1.807, 2.05) is 0 Å². The van der Waals surface area contributed by atoms with Gasteiger partial charge in [0.15, 0.2) is 5.58 Å². The number of nitrogens with zero attached hydrogens (tertiary/aromatic N) is 2. The van der Waals surface area contributed by atoms with Gasteiger partial charge in [-0.15, -0.1) is 0 Å².